The van der Waals surface area contributed by atoms with E-state index >= 15 is 0 Å². The highest BCUT2D eigenvalue weighted by molar-refractivity contribution is 5.92. The number of carbonyl (C=O) groups is 2. The molecule has 0 spiro atoms. The number of quaternary nitrogens is 1. The highest BCUT2D eigenvalue weighted by atomic mass is 19.2. The maximum Gasteiger partial charge on any atom is 0.341 e. The monoisotopic (exact) mass is 325 g/mol. The van der Waals surface area contributed by atoms with Crippen LogP contribution in [-0.2, 0) is 0 Å². The molecule has 0 aliphatic carbocycles. The van der Waals surface area contributed by atoms with Crippen molar-refractivity contribution in [3.05, 3.63) is 34.4 Å². The molecule has 0 heterocycles. The van der Waals surface area contributed by atoms with E-state index in [-0.39, 0.29) is 0 Å². The van der Waals surface area contributed by atoms with Crippen molar-refractivity contribution >= 4 is 11.9 Å². The van der Waals surface area contributed by atoms with E-state index in [0.29, 0.717) is 0 Å². The summed E-state index contributed by atoms with van der Waals surface area (Å²) in [5, 5.41) is 18.4. The Morgan fingerprint density at radius 2 is 1.41 bits per heavy atom. The highest BCUT2D eigenvalue weighted by Crippen LogP contribution is 2.23. The molecule has 1 aromatic rings. The van der Waals surface area contributed by atoms with Crippen molar-refractivity contribution in [3.63, 3.8) is 0 Å². The number of hydrogen-bond acceptors (Lipinski definition) is 3. The fraction of sp³-hybridized carbons (Fsp3) is 0.385. The Balaban J connectivity index is 0.000000626. The second-order valence-corrected chi connectivity index (χ2v) is 4.16. The normalized spacial score (nSPS) is 9.91. The van der Waals surface area contributed by atoms with Gasteiger partial charge in [0.05, 0.1) is 18.1 Å². The first-order valence-electron chi connectivity index (χ1n) is 6.30. The Hall–Kier alpha value is -2.16. The van der Waals surface area contributed by atoms with Crippen molar-refractivity contribution in [2.75, 3.05) is 6.54 Å². The molecule has 0 aromatic heterocycles. The minimum atomic E-state index is -2.50. The Bertz CT molecular complexity index is 485. The van der Waals surface area contributed by atoms with Crippen LogP contribution >= 0.6 is 0 Å². The predicted octanol–water partition coefficient (Wildman–Crippen LogP) is 0.723. The van der Waals surface area contributed by atoms with E-state index in [1.807, 2.05) is 0 Å². The molecule has 4 N–H and O–H groups in total. The average Bonchev–Trinajstić information content (AvgIpc) is 2.43. The predicted molar refractivity (Wildman–Crippen MR) is 64.8 cm³/mol. The third kappa shape index (κ3) is 4.69. The van der Waals surface area contributed by atoms with Gasteiger partial charge < -0.3 is 20.7 Å². The molecule has 0 bridgehead atoms. The van der Waals surface area contributed by atoms with Gasteiger partial charge in [-0.25, -0.2) is 22.4 Å². The minimum Gasteiger partial charge on any atom is -0.545 e. The molecule has 0 radical (unpaired) electrons. The van der Waals surface area contributed by atoms with Crippen LogP contribution < -0.4 is 10.8 Å². The molecule has 0 amide bonds. The first-order valence-corrected chi connectivity index (χ1v) is 6.30. The fourth-order valence-electron chi connectivity index (χ4n) is 1.43. The van der Waals surface area contributed by atoms with Gasteiger partial charge in [-0.1, -0.05) is 13.3 Å². The number of aromatic carboxylic acids is 2. The summed E-state index contributed by atoms with van der Waals surface area (Å²) in [4.78, 5) is 20.4. The second-order valence-electron chi connectivity index (χ2n) is 4.16. The van der Waals surface area contributed by atoms with Crippen molar-refractivity contribution in [2.45, 2.75) is 26.2 Å². The zero-order valence-electron chi connectivity index (χ0n) is 11.7. The summed E-state index contributed by atoms with van der Waals surface area (Å²) in [5.41, 5.74) is -0.166. The van der Waals surface area contributed by atoms with Crippen LogP contribution in [0, 0.1) is 23.3 Å². The molecule has 0 saturated heterocycles. The van der Waals surface area contributed by atoms with Gasteiger partial charge in [-0.3, -0.25) is 0 Å². The van der Waals surface area contributed by atoms with Crippen LogP contribution in [0.1, 0.15) is 46.9 Å². The summed E-state index contributed by atoms with van der Waals surface area (Å²) in [6.45, 7) is 3.31. The number of carboxylic acids is 2. The van der Waals surface area contributed by atoms with E-state index in [0.717, 1.165) is 6.54 Å². The van der Waals surface area contributed by atoms with Crippen molar-refractivity contribution in [2.24, 2.45) is 0 Å². The summed E-state index contributed by atoms with van der Waals surface area (Å²) in [5.74, 6) is -14.0. The first-order chi connectivity index (χ1) is 10.2. The summed E-state index contributed by atoms with van der Waals surface area (Å²) in [6.07, 6.45) is 3.97. The SMILES string of the molecule is CCCCC[NH3+].O=C([O-])c1c(F)c(F)c(C(=O)O)c(F)c1F. The molecule has 0 aliphatic rings. The van der Waals surface area contributed by atoms with E-state index in [4.69, 9.17) is 5.11 Å². The Labute approximate surface area is 123 Å². The van der Waals surface area contributed by atoms with Gasteiger partial charge in [0.2, 0.25) is 0 Å². The Morgan fingerprint density at radius 1 is 1.00 bits per heavy atom. The van der Waals surface area contributed by atoms with Gasteiger partial charge in [0, 0.05) is 0 Å². The third-order valence-corrected chi connectivity index (χ3v) is 2.53. The highest BCUT2D eigenvalue weighted by Gasteiger charge is 2.29. The van der Waals surface area contributed by atoms with E-state index in [1.54, 1.807) is 0 Å². The third-order valence-electron chi connectivity index (χ3n) is 2.53. The maximum atomic E-state index is 12.9. The molecule has 0 unspecified atom stereocenters. The van der Waals surface area contributed by atoms with Gasteiger partial charge in [0.15, 0.2) is 23.3 Å². The van der Waals surface area contributed by atoms with Gasteiger partial charge in [0.1, 0.15) is 5.56 Å². The number of benzene rings is 1. The lowest BCUT2D eigenvalue weighted by Gasteiger charge is -2.09. The van der Waals surface area contributed by atoms with Crippen LogP contribution in [0.25, 0.3) is 0 Å². The van der Waals surface area contributed by atoms with Crippen LogP contribution in [-0.4, -0.2) is 23.6 Å². The van der Waals surface area contributed by atoms with Gasteiger partial charge in [-0.15, -0.1) is 0 Å². The number of rotatable bonds is 5. The minimum absolute atomic E-state index is 1.10. The quantitative estimate of drug-likeness (QED) is 0.473. The lowest BCUT2D eigenvalue weighted by molar-refractivity contribution is -0.368. The van der Waals surface area contributed by atoms with Crippen molar-refractivity contribution in [3.8, 4) is 0 Å². The van der Waals surface area contributed by atoms with Crippen LogP contribution in [0.2, 0.25) is 0 Å². The molecule has 0 aliphatic heterocycles. The zero-order valence-corrected chi connectivity index (χ0v) is 11.7. The first kappa shape index (κ1) is 19.8. The maximum absolute atomic E-state index is 12.9. The molecule has 1 rings (SSSR count). The number of carbonyl (C=O) groups excluding carboxylic acids is 1. The van der Waals surface area contributed by atoms with Crippen LogP contribution in [0.5, 0.6) is 0 Å². The zero-order chi connectivity index (χ0) is 17.4. The van der Waals surface area contributed by atoms with Crippen molar-refractivity contribution < 1.29 is 43.1 Å². The molecule has 0 atom stereocenters. The smallest absolute Gasteiger partial charge is 0.341 e. The summed E-state index contributed by atoms with van der Waals surface area (Å²) in [6, 6.07) is 0. The lowest BCUT2D eigenvalue weighted by Crippen LogP contribution is -2.49. The molecule has 9 heteroatoms. The van der Waals surface area contributed by atoms with E-state index in [2.05, 4.69) is 12.7 Å². The van der Waals surface area contributed by atoms with Gasteiger partial charge in [0.25, 0.3) is 0 Å². The summed E-state index contributed by atoms with van der Waals surface area (Å²) >= 11 is 0. The van der Waals surface area contributed by atoms with Crippen molar-refractivity contribution in [1.29, 1.82) is 0 Å². The van der Waals surface area contributed by atoms with Crippen LogP contribution in [0.15, 0.2) is 0 Å². The Morgan fingerprint density at radius 3 is 1.64 bits per heavy atom. The van der Waals surface area contributed by atoms with E-state index in [1.165, 1.54) is 19.3 Å². The number of halogens is 4. The Kier molecular flexibility index (Phi) is 8.10. The van der Waals surface area contributed by atoms with Crippen LogP contribution in [0.4, 0.5) is 17.6 Å². The molecule has 0 fully saturated rings. The second kappa shape index (κ2) is 8.98. The lowest BCUT2D eigenvalue weighted by atomic mass is 10.1. The molecular weight excluding hydrogens is 310 g/mol. The molecule has 124 valence electrons. The molecule has 1 aromatic carbocycles. The van der Waals surface area contributed by atoms with E-state index < -0.39 is 46.3 Å². The van der Waals surface area contributed by atoms with Gasteiger partial charge in [-0.2, -0.15) is 0 Å². The topological polar surface area (TPSA) is 105 Å². The largest absolute Gasteiger partial charge is 0.545 e. The molecular formula is C13H15F4NO4. The van der Waals surface area contributed by atoms with Crippen molar-refractivity contribution in [1.82, 2.24) is 0 Å². The number of unbranched alkanes of at least 4 members (excludes halogenated alkanes) is 2. The van der Waals surface area contributed by atoms with Crippen LogP contribution in [0.3, 0.4) is 0 Å². The van der Waals surface area contributed by atoms with Gasteiger partial charge in [-0.05, 0) is 12.8 Å². The fourth-order valence-corrected chi connectivity index (χ4v) is 1.43. The number of carboxylic acid groups (broad SMARTS) is 2. The standard InChI is InChI=1S/C8H2F4O4.C5H13N/c9-3-1(7(13)14)4(10)6(12)2(5(3)11)8(15)16;1-2-3-4-5-6/h(H,13,14)(H,15,16);2-6H2,1H3. The van der Waals surface area contributed by atoms with Gasteiger partial charge >= 0.3 is 5.97 Å². The van der Waals surface area contributed by atoms with E-state index in [9.17, 15) is 32.3 Å². The summed E-state index contributed by atoms with van der Waals surface area (Å²) < 4.78 is 51.4. The average molecular weight is 325 g/mol. The molecule has 5 nitrogen and oxygen atoms in total. The molecule has 0 saturated carbocycles. The number of hydrogen-bond donors (Lipinski definition) is 2. The molecule has 22 heavy (non-hydrogen) atoms. The summed E-state index contributed by atoms with van der Waals surface area (Å²) in [7, 11) is 0.